The lowest BCUT2D eigenvalue weighted by atomic mass is 10.1. The molecule has 0 saturated heterocycles. The van der Waals surface area contributed by atoms with Crippen LogP contribution in [-0.2, 0) is 4.79 Å². The zero-order valence-corrected chi connectivity index (χ0v) is 12.5. The standard InChI is InChI=1S/C16H26N2O2/c1-3-15(4-2)18(12-13-19)11-10-16(20)17-14-8-6-5-7-9-14/h5-9,15,19H,3-4,10-13H2,1-2H3,(H,17,20). The summed E-state index contributed by atoms with van der Waals surface area (Å²) < 4.78 is 0. The molecule has 112 valence electrons. The van der Waals surface area contributed by atoms with Gasteiger partial charge in [-0.25, -0.2) is 0 Å². The molecule has 0 spiro atoms. The van der Waals surface area contributed by atoms with Crippen molar-refractivity contribution in [3.8, 4) is 0 Å². The second kappa shape index (κ2) is 9.50. The zero-order valence-electron chi connectivity index (χ0n) is 12.5. The number of aliphatic hydroxyl groups is 1. The van der Waals surface area contributed by atoms with E-state index < -0.39 is 0 Å². The van der Waals surface area contributed by atoms with Gasteiger partial charge in [-0.05, 0) is 25.0 Å². The van der Waals surface area contributed by atoms with Gasteiger partial charge in [0.15, 0.2) is 0 Å². The molecule has 1 amide bonds. The Morgan fingerprint density at radius 2 is 1.85 bits per heavy atom. The summed E-state index contributed by atoms with van der Waals surface area (Å²) in [6.07, 6.45) is 2.53. The highest BCUT2D eigenvalue weighted by atomic mass is 16.3. The van der Waals surface area contributed by atoms with Crippen LogP contribution >= 0.6 is 0 Å². The molecular weight excluding hydrogens is 252 g/mol. The fourth-order valence-electron chi connectivity index (χ4n) is 2.40. The van der Waals surface area contributed by atoms with Gasteiger partial charge in [-0.15, -0.1) is 0 Å². The van der Waals surface area contributed by atoms with Crippen LogP contribution in [0.3, 0.4) is 0 Å². The van der Waals surface area contributed by atoms with E-state index in [-0.39, 0.29) is 12.5 Å². The number of carbonyl (C=O) groups excluding carboxylic acids is 1. The minimum absolute atomic E-state index is 0.0186. The average Bonchev–Trinajstić information content (AvgIpc) is 2.47. The fourth-order valence-corrected chi connectivity index (χ4v) is 2.40. The maximum absolute atomic E-state index is 11.9. The summed E-state index contributed by atoms with van der Waals surface area (Å²) in [7, 11) is 0. The normalized spacial score (nSPS) is 11.1. The quantitative estimate of drug-likeness (QED) is 0.729. The molecule has 0 aliphatic carbocycles. The minimum atomic E-state index is 0.0186. The van der Waals surface area contributed by atoms with Crippen molar-refractivity contribution in [3.05, 3.63) is 30.3 Å². The van der Waals surface area contributed by atoms with Crippen LogP contribution in [0.15, 0.2) is 30.3 Å². The Balaban J connectivity index is 2.44. The van der Waals surface area contributed by atoms with Crippen LogP contribution in [0.5, 0.6) is 0 Å². The topological polar surface area (TPSA) is 52.6 Å². The maximum Gasteiger partial charge on any atom is 0.225 e. The highest BCUT2D eigenvalue weighted by Gasteiger charge is 2.15. The van der Waals surface area contributed by atoms with Gasteiger partial charge in [0.05, 0.1) is 6.61 Å². The van der Waals surface area contributed by atoms with Crippen LogP contribution in [0.25, 0.3) is 0 Å². The molecule has 1 aromatic carbocycles. The summed E-state index contributed by atoms with van der Waals surface area (Å²) in [5.74, 6) is 0.0186. The molecule has 0 fully saturated rings. The van der Waals surface area contributed by atoms with Crippen molar-refractivity contribution in [1.82, 2.24) is 4.90 Å². The number of anilines is 1. The Kier molecular flexibility index (Phi) is 7.92. The molecule has 4 nitrogen and oxygen atoms in total. The van der Waals surface area contributed by atoms with Gasteiger partial charge in [0.2, 0.25) is 5.91 Å². The van der Waals surface area contributed by atoms with Crippen LogP contribution in [-0.4, -0.2) is 41.7 Å². The molecule has 1 aromatic rings. The number of aliphatic hydroxyl groups excluding tert-OH is 1. The van der Waals surface area contributed by atoms with E-state index in [1.165, 1.54) is 0 Å². The predicted molar refractivity (Wildman–Crippen MR) is 82.7 cm³/mol. The smallest absolute Gasteiger partial charge is 0.225 e. The molecule has 2 N–H and O–H groups in total. The van der Waals surface area contributed by atoms with Gasteiger partial charge in [-0.2, -0.15) is 0 Å². The number of rotatable bonds is 9. The van der Waals surface area contributed by atoms with Crippen LogP contribution in [0.2, 0.25) is 0 Å². The molecule has 0 heterocycles. The lowest BCUT2D eigenvalue weighted by Gasteiger charge is -2.29. The van der Waals surface area contributed by atoms with Gasteiger partial charge in [-0.3, -0.25) is 9.69 Å². The third-order valence-corrected chi connectivity index (χ3v) is 3.53. The van der Waals surface area contributed by atoms with E-state index in [2.05, 4.69) is 24.1 Å². The number of nitrogens with zero attached hydrogens (tertiary/aromatic N) is 1. The van der Waals surface area contributed by atoms with Crippen LogP contribution in [0.4, 0.5) is 5.69 Å². The van der Waals surface area contributed by atoms with E-state index in [4.69, 9.17) is 5.11 Å². The van der Waals surface area contributed by atoms with E-state index in [1.807, 2.05) is 30.3 Å². The summed E-state index contributed by atoms with van der Waals surface area (Å²) in [5, 5.41) is 12.0. The maximum atomic E-state index is 11.9. The highest BCUT2D eigenvalue weighted by Crippen LogP contribution is 2.10. The fraction of sp³-hybridized carbons (Fsp3) is 0.562. The predicted octanol–water partition coefficient (Wildman–Crippen LogP) is 2.50. The molecular formula is C16H26N2O2. The van der Waals surface area contributed by atoms with Crippen molar-refractivity contribution in [2.24, 2.45) is 0 Å². The molecule has 0 radical (unpaired) electrons. The number of benzene rings is 1. The summed E-state index contributed by atoms with van der Waals surface area (Å²) in [6.45, 7) is 5.73. The van der Waals surface area contributed by atoms with Crippen molar-refractivity contribution >= 4 is 11.6 Å². The van der Waals surface area contributed by atoms with Crippen molar-refractivity contribution in [1.29, 1.82) is 0 Å². The van der Waals surface area contributed by atoms with E-state index in [1.54, 1.807) is 0 Å². The molecule has 1 rings (SSSR count). The number of para-hydroxylation sites is 1. The lowest BCUT2D eigenvalue weighted by Crippen LogP contribution is -2.38. The number of hydrogen-bond acceptors (Lipinski definition) is 3. The van der Waals surface area contributed by atoms with Crippen molar-refractivity contribution in [2.75, 3.05) is 25.0 Å². The first-order chi connectivity index (χ1) is 9.71. The summed E-state index contributed by atoms with van der Waals surface area (Å²) in [5.41, 5.74) is 0.828. The van der Waals surface area contributed by atoms with Crippen molar-refractivity contribution in [2.45, 2.75) is 39.2 Å². The monoisotopic (exact) mass is 278 g/mol. The first-order valence-electron chi connectivity index (χ1n) is 7.41. The second-order valence-corrected chi connectivity index (χ2v) is 4.89. The molecule has 0 saturated carbocycles. The first-order valence-corrected chi connectivity index (χ1v) is 7.41. The van der Waals surface area contributed by atoms with Crippen molar-refractivity contribution < 1.29 is 9.90 Å². The van der Waals surface area contributed by atoms with E-state index in [9.17, 15) is 4.79 Å². The van der Waals surface area contributed by atoms with Gasteiger partial charge in [0, 0.05) is 31.2 Å². The summed E-state index contributed by atoms with van der Waals surface area (Å²) >= 11 is 0. The van der Waals surface area contributed by atoms with Crippen LogP contribution < -0.4 is 5.32 Å². The van der Waals surface area contributed by atoms with Gasteiger partial charge in [0.25, 0.3) is 0 Å². The number of carbonyl (C=O) groups is 1. The highest BCUT2D eigenvalue weighted by molar-refractivity contribution is 5.90. The Bertz CT molecular complexity index is 377. The molecule has 0 aliphatic heterocycles. The Morgan fingerprint density at radius 3 is 2.40 bits per heavy atom. The average molecular weight is 278 g/mol. The summed E-state index contributed by atoms with van der Waals surface area (Å²) in [6, 6.07) is 9.92. The minimum Gasteiger partial charge on any atom is -0.395 e. The number of hydrogen-bond donors (Lipinski definition) is 2. The lowest BCUT2D eigenvalue weighted by molar-refractivity contribution is -0.116. The van der Waals surface area contributed by atoms with Gasteiger partial charge >= 0.3 is 0 Å². The van der Waals surface area contributed by atoms with E-state index >= 15 is 0 Å². The largest absolute Gasteiger partial charge is 0.395 e. The summed E-state index contributed by atoms with van der Waals surface area (Å²) in [4.78, 5) is 14.1. The molecule has 0 bridgehead atoms. The third kappa shape index (κ3) is 5.72. The first kappa shape index (κ1) is 16.7. The number of amides is 1. The molecule has 0 aliphatic rings. The Labute approximate surface area is 121 Å². The zero-order chi connectivity index (χ0) is 14.8. The second-order valence-electron chi connectivity index (χ2n) is 4.89. The van der Waals surface area contributed by atoms with Gasteiger partial charge in [-0.1, -0.05) is 32.0 Å². The molecule has 20 heavy (non-hydrogen) atoms. The van der Waals surface area contributed by atoms with Gasteiger partial charge in [0.1, 0.15) is 0 Å². The number of nitrogens with one attached hydrogen (secondary N) is 1. The molecule has 0 atom stereocenters. The van der Waals surface area contributed by atoms with Crippen LogP contribution in [0.1, 0.15) is 33.1 Å². The SMILES string of the molecule is CCC(CC)N(CCO)CCC(=O)Nc1ccccc1. The third-order valence-electron chi connectivity index (χ3n) is 3.53. The van der Waals surface area contributed by atoms with E-state index in [0.717, 1.165) is 18.5 Å². The van der Waals surface area contributed by atoms with Crippen LogP contribution in [0, 0.1) is 0 Å². The molecule has 0 aromatic heterocycles. The Hall–Kier alpha value is -1.39. The Morgan fingerprint density at radius 1 is 1.20 bits per heavy atom. The molecule has 0 unspecified atom stereocenters. The van der Waals surface area contributed by atoms with Gasteiger partial charge < -0.3 is 10.4 Å². The van der Waals surface area contributed by atoms with E-state index in [0.29, 0.717) is 25.6 Å². The van der Waals surface area contributed by atoms with Crippen molar-refractivity contribution in [3.63, 3.8) is 0 Å². The molecule has 4 heteroatoms.